The zero-order valence-electron chi connectivity index (χ0n) is 13.4. The van der Waals surface area contributed by atoms with Gasteiger partial charge in [-0.25, -0.2) is 9.55 Å². The van der Waals surface area contributed by atoms with E-state index in [2.05, 4.69) is 9.97 Å². The van der Waals surface area contributed by atoms with Gasteiger partial charge in [0.15, 0.2) is 0 Å². The number of rotatable bonds is 2. The van der Waals surface area contributed by atoms with Gasteiger partial charge in [0.2, 0.25) is 5.95 Å². The van der Waals surface area contributed by atoms with Crippen molar-refractivity contribution in [2.24, 2.45) is 0 Å². The molecule has 24 heavy (non-hydrogen) atoms. The summed E-state index contributed by atoms with van der Waals surface area (Å²) >= 11 is 0. The summed E-state index contributed by atoms with van der Waals surface area (Å²) in [5.74, 6) is 0.467. The third-order valence-corrected chi connectivity index (χ3v) is 4.16. The van der Waals surface area contributed by atoms with Crippen LogP contribution >= 0.6 is 0 Å². The summed E-state index contributed by atoms with van der Waals surface area (Å²) in [7, 11) is 3.86. The van der Waals surface area contributed by atoms with Gasteiger partial charge in [0, 0.05) is 20.2 Å². The lowest BCUT2D eigenvalue weighted by Crippen LogP contribution is -2.18. The van der Waals surface area contributed by atoms with Crippen LogP contribution in [0.2, 0.25) is 0 Å². The average molecular weight is 319 g/mol. The van der Waals surface area contributed by atoms with Crippen LogP contribution in [0.15, 0.2) is 53.3 Å². The third kappa shape index (κ3) is 2.04. The fourth-order valence-electron chi connectivity index (χ4n) is 2.97. The minimum absolute atomic E-state index is 0.140. The van der Waals surface area contributed by atoms with Gasteiger partial charge < -0.3 is 15.6 Å². The van der Waals surface area contributed by atoms with Crippen molar-refractivity contribution in [3.05, 3.63) is 58.9 Å². The van der Waals surface area contributed by atoms with E-state index in [0.717, 1.165) is 22.1 Å². The first-order chi connectivity index (χ1) is 11.6. The zero-order chi connectivity index (χ0) is 16.8. The lowest BCUT2D eigenvalue weighted by atomic mass is 10.2. The van der Waals surface area contributed by atoms with Crippen LogP contribution in [0.25, 0.3) is 27.9 Å². The molecule has 0 spiro atoms. The fraction of sp³-hybridized carbons (Fsp3) is 0.111. The van der Waals surface area contributed by atoms with Crippen molar-refractivity contribution >= 4 is 33.3 Å². The predicted molar refractivity (Wildman–Crippen MR) is 97.9 cm³/mol. The monoisotopic (exact) mass is 319 g/mol. The van der Waals surface area contributed by atoms with Crippen LogP contribution in [0.1, 0.15) is 0 Å². The van der Waals surface area contributed by atoms with E-state index in [1.54, 1.807) is 10.6 Å². The number of pyridine rings is 1. The Morgan fingerprint density at radius 2 is 1.88 bits per heavy atom. The second-order valence-corrected chi connectivity index (χ2v) is 5.92. The molecule has 3 N–H and O–H groups in total. The Balaban J connectivity index is 2.03. The van der Waals surface area contributed by atoms with Crippen molar-refractivity contribution in [1.82, 2.24) is 14.5 Å². The van der Waals surface area contributed by atoms with Gasteiger partial charge in [0.05, 0.1) is 22.4 Å². The van der Waals surface area contributed by atoms with Crippen LogP contribution in [0.3, 0.4) is 0 Å². The maximum atomic E-state index is 12.4. The molecule has 0 fully saturated rings. The Morgan fingerprint density at radius 3 is 2.67 bits per heavy atom. The summed E-state index contributed by atoms with van der Waals surface area (Å²) in [5.41, 5.74) is 9.86. The van der Waals surface area contributed by atoms with Crippen LogP contribution in [0, 0.1) is 0 Å². The summed E-state index contributed by atoms with van der Waals surface area (Å²) in [6.45, 7) is 0. The smallest absolute Gasteiger partial charge is 0.257 e. The van der Waals surface area contributed by atoms with E-state index < -0.39 is 0 Å². The molecular formula is C18H17N5O. The molecule has 2 heterocycles. The van der Waals surface area contributed by atoms with E-state index in [-0.39, 0.29) is 5.56 Å². The SMILES string of the molecule is CN(C)c1ccc2[nH]c(-n3c(=O)ccc4ccccc43)nc2c1N. The summed E-state index contributed by atoms with van der Waals surface area (Å²) < 4.78 is 1.57. The predicted octanol–water partition coefficient (Wildman–Crippen LogP) is 2.52. The number of para-hydroxylation sites is 1. The minimum Gasteiger partial charge on any atom is -0.395 e. The number of nitrogens with two attached hydrogens (primary N) is 1. The number of anilines is 2. The van der Waals surface area contributed by atoms with E-state index in [4.69, 9.17) is 5.73 Å². The molecule has 0 saturated heterocycles. The van der Waals surface area contributed by atoms with Crippen LogP contribution in [-0.4, -0.2) is 28.6 Å². The van der Waals surface area contributed by atoms with Crippen molar-refractivity contribution in [3.8, 4) is 5.95 Å². The second-order valence-electron chi connectivity index (χ2n) is 5.92. The molecule has 0 aliphatic carbocycles. The molecule has 0 aliphatic rings. The number of hydrogen-bond donors (Lipinski definition) is 2. The molecule has 2 aromatic heterocycles. The Morgan fingerprint density at radius 1 is 1.08 bits per heavy atom. The van der Waals surface area contributed by atoms with Gasteiger partial charge in [-0.1, -0.05) is 18.2 Å². The van der Waals surface area contributed by atoms with Crippen LogP contribution in [0.5, 0.6) is 0 Å². The van der Waals surface area contributed by atoms with Crippen LogP contribution in [0.4, 0.5) is 11.4 Å². The molecule has 0 amide bonds. The molecule has 6 heteroatoms. The first-order valence-corrected chi connectivity index (χ1v) is 7.63. The number of aromatic amines is 1. The van der Waals surface area contributed by atoms with Gasteiger partial charge in [-0.2, -0.15) is 0 Å². The second kappa shape index (κ2) is 5.13. The molecule has 2 aromatic carbocycles. The van der Waals surface area contributed by atoms with Crippen molar-refractivity contribution in [1.29, 1.82) is 0 Å². The van der Waals surface area contributed by atoms with E-state index in [9.17, 15) is 4.79 Å². The molecule has 4 rings (SSSR count). The summed E-state index contributed by atoms with van der Waals surface area (Å²) in [4.78, 5) is 22.2. The highest BCUT2D eigenvalue weighted by Gasteiger charge is 2.14. The molecule has 4 aromatic rings. The molecule has 6 nitrogen and oxygen atoms in total. The summed E-state index contributed by atoms with van der Waals surface area (Å²) in [5, 5.41) is 0.972. The Bertz CT molecular complexity index is 1120. The molecule has 120 valence electrons. The van der Waals surface area contributed by atoms with Crippen molar-refractivity contribution in [3.63, 3.8) is 0 Å². The molecule has 0 atom stereocenters. The number of H-pyrrole nitrogens is 1. The first kappa shape index (κ1) is 14.3. The highest BCUT2D eigenvalue weighted by atomic mass is 16.1. The summed E-state index contributed by atoms with van der Waals surface area (Å²) in [6, 6.07) is 14.9. The number of hydrogen-bond acceptors (Lipinski definition) is 4. The maximum absolute atomic E-state index is 12.4. The summed E-state index contributed by atoms with van der Waals surface area (Å²) in [6.07, 6.45) is 0. The average Bonchev–Trinajstić information content (AvgIpc) is 2.99. The Hall–Kier alpha value is -3.28. The van der Waals surface area contributed by atoms with Crippen LogP contribution in [-0.2, 0) is 0 Å². The number of aromatic nitrogens is 3. The molecular weight excluding hydrogens is 302 g/mol. The first-order valence-electron chi connectivity index (χ1n) is 7.63. The molecule has 0 radical (unpaired) electrons. The maximum Gasteiger partial charge on any atom is 0.257 e. The third-order valence-electron chi connectivity index (χ3n) is 4.16. The van der Waals surface area contributed by atoms with Crippen molar-refractivity contribution in [2.75, 3.05) is 24.7 Å². The molecule has 0 unspecified atom stereocenters. The van der Waals surface area contributed by atoms with Gasteiger partial charge >= 0.3 is 0 Å². The van der Waals surface area contributed by atoms with Crippen LogP contribution < -0.4 is 16.2 Å². The van der Waals surface area contributed by atoms with Gasteiger partial charge in [-0.15, -0.1) is 0 Å². The fourth-order valence-corrected chi connectivity index (χ4v) is 2.97. The quantitative estimate of drug-likeness (QED) is 0.556. The van der Waals surface area contributed by atoms with E-state index in [0.29, 0.717) is 17.2 Å². The number of imidazole rings is 1. The van der Waals surface area contributed by atoms with E-state index >= 15 is 0 Å². The largest absolute Gasteiger partial charge is 0.395 e. The van der Waals surface area contributed by atoms with E-state index in [1.807, 2.05) is 61.5 Å². The normalized spacial score (nSPS) is 11.2. The Kier molecular flexibility index (Phi) is 3.06. The molecule has 0 aliphatic heterocycles. The number of benzene rings is 2. The lowest BCUT2D eigenvalue weighted by molar-refractivity contribution is 0.960. The lowest BCUT2D eigenvalue weighted by Gasteiger charge is -2.14. The zero-order valence-corrected chi connectivity index (χ0v) is 13.4. The van der Waals surface area contributed by atoms with Crippen molar-refractivity contribution < 1.29 is 0 Å². The Labute approximate surface area is 138 Å². The highest BCUT2D eigenvalue weighted by Crippen LogP contribution is 2.29. The van der Waals surface area contributed by atoms with Crippen molar-refractivity contribution in [2.45, 2.75) is 0 Å². The number of nitrogens with one attached hydrogen (secondary N) is 1. The molecule has 0 saturated carbocycles. The number of nitrogens with zero attached hydrogens (tertiary/aromatic N) is 3. The topological polar surface area (TPSA) is 79.9 Å². The number of nitrogen functional groups attached to an aromatic ring is 1. The highest BCUT2D eigenvalue weighted by molar-refractivity contribution is 5.95. The number of fused-ring (bicyclic) bond motifs is 2. The van der Waals surface area contributed by atoms with Gasteiger partial charge in [0.25, 0.3) is 5.56 Å². The van der Waals surface area contributed by atoms with Gasteiger partial charge in [0.1, 0.15) is 5.52 Å². The van der Waals surface area contributed by atoms with Gasteiger partial charge in [-0.3, -0.25) is 4.79 Å². The van der Waals surface area contributed by atoms with E-state index in [1.165, 1.54) is 0 Å². The van der Waals surface area contributed by atoms with Gasteiger partial charge in [-0.05, 0) is 29.7 Å². The minimum atomic E-state index is -0.140. The molecule has 0 bridgehead atoms. The standard InChI is InChI=1S/C18H17N5O/c1-22(2)14-9-8-12-17(16(14)19)21-18(20-12)23-13-6-4-3-5-11(13)7-10-15(23)24/h3-10H,19H2,1-2H3,(H,20,21).